The number of amides is 1. The van der Waals surface area contributed by atoms with Crippen molar-refractivity contribution in [3.63, 3.8) is 0 Å². The number of carbonyl (C=O) groups excluding carboxylic acids is 1. The van der Waals surface area contributed by atoms with Crippen molar-refractivity contribution in [2.45, 2.75) is 6.42 Å². The molecule has 0 spiro atoms. The van der Waals surface area contributed by atoms with Gasteiger partial charge in [-0.1, -0.05) is 29.8 Å². The number of hydrogen-bond donors (Lipinski definition) is 0. The zero-order chi connectivity index (χ0) is 18.5. The number of hydrogen-bond acceptors (Lipinski definition) is 4. The standard InChI is InChI=1S/C20H18ClNO4/c1-22(11-4-12-25-16-9-7-15(21)8-10-16)19(23)17-13-14-5-2-3-6-18(14)26-20(17)24/h2-3,5-10,13H,4,11-12H2,1H3. The third-order valence-electron chi connectivity index (χ3n) is 3.94. The van der Waals surface area contributed by atoms with E-state index >= 15 is 0 Å². The number of rotatable bonds is 6. The summed E-state index contributed by atoms with van der Waals surface area (Å²) in [6.45, 7) is 0.907. The molecule has 0 bridgehead atoms. The van der Waals surface area contributed by atoms with Crippen LogP contribution in [0.25, 0.3) is 11.0 Å². The van der Waals surface area contributed by atoms with Gasteiger partial charge in [-0.2, -0.15) is 0 Å². The maximum absolute atomic E-state index is 12.5. The molecule has 3 aromatic rings. The number of benzene rings is 2. The van der Waals surface area contributed by atoms with Crippen LogP contribution in [0, 0.1) is 0 Å². The summed E-state index contributed by atoms with van der Waals surface area (Å²) in [7, 11) is 1.65. The van der Waals surface area contributed by atoms with Crippen molar-refractivity contribution in [3.05, 3.63) is 75.6 Å². The van der Waals surface area contributed by atoms with Gasteiger partial charge in [-0.25, -0.2) is 4.79 Å². The first-order valence-electron chi connectivity index (χ1n) is 8.21. The lowest BCUT2D eigenvalue weighted by atomic mass is 10.1. The molecule has 0 fully saturated rings. The molecule has 1 heterocycles. The predicted octanol–water partition coefficient (Wildman–Crippen LogP) is 3.99. The van der Waals surface area contributed by atoms with Crippen LogP contribution < -0.4 is 10.4 Å². The Morgan fingerprint density at radius 1 is 1.15 bits per heavy atom. The smallest absolute Gasteiger partial charge is 0.349 e. The highest BCUT2D eigenvalue weighted by Crippen LogP contribution is 2.16. The number of ether oxygens (including phenoxy) is 1. The fraction of sp³-hybridized carbons (Fsp3) is 0.200. The van der Waals surface area contributed by atoms with E-state index in [1.165, 1.54) is 4.90 Å². The number of para-hydroxylation sites is 1. The Balaban J connectivity index is 1.58. The summed E-state index contributed by atoms with van der Waals surface area (Å²) in [6.07, 6.45) is 0.629. The number of halogens is 1. The van der Waals surface area contributed by atoms with Crippen LogP contribution >= 0.6 is 11.6 Å². The van der Waals surface area contributed by atoms with E-state index in [0.29, 0.717) is 30.2 Å². The summed E-state index contributed by atoms with van der Waals surface area (Å²) < 4.78 is 10.8. The van der Waals surface area contributed by atoms with E-state index in [1.807, 2.05) is 6.07 Å². The molecule has 0 radical (unpaired) electrons. The molecule has 5 nitrogen and oxygen atoms in total. The molecule has 3 rings (SSSR count). The van der Waals surface area contributed by atoms with Crippen molar-refractivity contribution in [2.24, 2.45) is 0 Å². The van der Waals surface area contributed by atoms with Crippen LogP contribution in [0.2, 0.25) is 5.02 Å². The van der Waals surface area contributed by atoms with Gasteiger partial charge in [0.2, 0.25) is 0 Å². The zero-order valence-electron chi connectivity index (χ0n) is 14.3. The Morgan fingerprint density at radius 2 is 1.88 bits per heavy atom. The lowest BCUT2D eigenvalue weighted by molar-refractivity contribution is 0.0784. The highest BCUT2D eigenvalue weighted by atomic mass is 35.5. The fourth-order valence-corrected chi connectivity index (χ4v) is 2.67. The van der Waals surface area contributed by atoms with Gasteiger partial charge in [0, 0.05) is 24.0 Å². The molecule has 0 N–H and O–H groups in total. The second-order valence-electron chi connectivity index (χ2n) is 5.87. The molecule has 26 heavy (non-hydrogen) atoms. The first-order valence-corrected chi connectivity index (χ1v) is 8.59. The van der Waals surface area contributed by atoms with Crippen molar-refractivity contribution >= 4 is 28.5 Å². The van der Waals surface area contributed by atoms with Gasteiger partial charge in [0.1, 0.15) is 16.9 Å². The summed E-state index contributed by atoms with van der Waals surface area (Å²) >= 11 is 5.82. The molecular weight excluding hydrogens is 354 g/mol. The monoisotopic (exact) mass is 371 g/mol. The predicted molar refractivity (Wildman–Crippen MR) is 101 cm³/mol. The lowest BCUT2D eigenvalue weighted by Crippen LogP contribution is -2.32. The summed E-state index contributed by atoms with van der Waals surface area (Å²) in [5, 5.41) is 1.37. The van der Waals surface area contributed by atoms with Crippen LogP contribution in [0.15, 0.2) is 63.8 Å². The van der Waals surface area contributed by atoms with Gasteiger partial charge in [-0.15, -0.1) is 0 Å². The Kier molecular flexibility index (Phi) is 5.58. The Bertz CT molecular complexity index is 965. The van der Waals surface area contributed by atoms with E-state index in [1.54, 1.807) is 55.6 Å². The maximum Gasteiger partial charge on any atom is 0.349 e. The van der Waals surface area contributed by atoms with E-state index in [0.717, 1.165) is 11.1 Å². The van der Waals surface area contributed by atoms with E-state index in [2.05, 4.69) is 0 Å². The van der Waals surface area contributed by atoms with Crippen molar-refractivity contribution in [1.29, 1.82) is 0 Å². The van der Waals surface area contributed by atoms with Gasteiger partial charge in [0.25, 0.3) is 5.91 Å². The first-order chi connectivity index (χ1) is 12.5. The normalized spacial score (nSPS) is 10.7. The average Bonchev–Trinajstić information content (AvgIpc) is 2.65. The molecular formula is C20H18ClNO4. The third kappa shape index (κ3) is 4.24. The molecule has 0 unspecified atom stereocenters. The second-order valence-corrected chi connectivity index (χ2v) is 6.30. The van der Waals surface area contributed by atoms with Gasteiger partial charge in [0.05, 0.1) is 6.61 Å². The van der Waals surface area contributed by atoms with Crippen LogP contribution in [0.5, 0.6) is 5.75 Å². The fourth-order valence-electron chi connectivity index (χ4n) is 2.54. The van der Waals surface area contributed by atoms with Crippen LogP contribution in [0.4, 0.5) is 0 Å². The molecule has 0 aliphatic heterocycles. The van der Waals surface area contributed by atoms with Crippen molar-refractivity contribution in [1.82, 2.24) is 4.90 Å². The topological polar surface area (TPSA) is 59.8 Å². The Hall–Kier alpha value is -2.79. The number of carbonyl (C=O) groups is 1. The van der Waals surface area contributed by atoms with Crippen LogP contribution in [-0.4, -0.2) is 31.0 Å². The van der Waals surface area contributed by atoms with Crippen LogP contribution in [0.3, 0.4) is 0 Å². The summed E-state index contributed by atoms with van der Waals surface area (Å²) in [5.41, 5.74) is -0.129. The van der Waals surface area contributed by atoms with Crippen molar-refractivity contribution < 1.29 is 13.9 Å². The third-order valence-corrected chi connectivity index (χ3v) is 4.19. The largest absolute Gasteiger partial charge is 0.494 e. The first kappa shape index (κ1) is 18.0. The van der Waals surface area contributed by atoms with Crippen LogP contribution in [0.1, 0.15) is 16.8 Å². The summed E-state index contributed by atoms with van der Waals surface area (Å²) in [5.74, 6) is 0.356. The van der Waals surface area contributed by atoms with Gasteiger partial charge in [0.15, 0.2) is 0 Å². The average molecular weight is 372 g/mol. The van der Waals surface area contributed by atoms with Crippen molar-refractivity contribution in [3.8, 4) is 5.75 Å². The van der Waals surface area contributed by atoms with E-state index < -0.39 is 5.63 Å². The molecule has 6 heteroatoms. The van der Waals surface area contributed by atoms with Gasteiger partial charge in [-0.3, -0.25) is 4.79 Å². The second kappa shape index (κ2) is 8.06. The highest BCUT2D eigenvalue weighted by Gasteiger charge is 2.17. The summed E-state index contributed by atoms with van der Waals surface area (Å²) in [4.78, 5) is 26.1. The molecule has 0 atom stereocenters. The minimum Gasteiger partial charge on any atom is -0.494 e. The maximum atomic E-state index is 12.5. The van der Waals surface area contributed by atoms with Gasteiger partial charge in [-0.05, 0) is 42.8 Å². The van der Waals surface area contributed by atoms with E-state index in [9.17, 15) is 9.59 Å². The van der Waals surface area contributed by atoms with Crippen molar-refractivity contribution in [2.75, 3.05) is 20.2 Å². The Morgan fingerprint density at radius 3 is 2.65 bits per heavy atom. The molecule has 0 aliphatic rings. The molecule has 134 valence electrons. The molecule has 0 aliphatic carbocycles. The highest BCUT2D eigenvalue weighted by molar-refractivity contribution is 6.30. The lowest BCUT2D eigenvalue weighted by Gasteiger charge is -2.17. The number of fused-ring (bicyclic) bond motifs is 1. The summed E-state index contributed by atoms with van der Waals surface area (Å²) in [6, 6.07) is 15.8. The minimum atomic E-state index is -0.627. The van der Waals surface area contributed by atoms with E-state index in [4.69, 9.17) is 20.8 Å². The van der Waals surface area contributed by atoms with Crippen LogP contribution in [-0.2, 0) is 0 Å². The Labute approximate surface area is 155 Å². The molecule has 1 amide bonds. The quantitative estimate of drug-likeness (QED) is 0.485. The minimum absolute atomic E-state index is 0.0322. The number of nitrogens with zero attached hydrogens (tertiary/aromatic N) is 1. The van der Waals surface area contributed by atoms with Gasteiger partial charge < -0.3 is 14.1 Å². The van der Waals surface area contributed by atoms with E-state index in [-0.39, 0.29) is 11.5 Å². The zero-order valence-corrected chi connectivity index (χ0v) is 15.0. The SMILES string of the molecule is CN(CCCOc1ccc(Cl)cc1)C(=O)c1cc2ccccc2oc1=O. The molecule has 0 saturated heterocycles. The molecule has 1 aromatic heterocycles. The molecule has 0 saturated carbocycles. The van der Waals surface area contributed by atoms with Gasteiger partial charge >= 0.3 is 5.63 Å². The molecule has 2 aromatic carbocycles.